The zero-order valence-electron chi connectivity index (χ0n) is 7.20. The summed E-state index contributed by atoms with van der Waals surface area (Å²) in [5.74, 6) is 0.129. The average molecular weight is 172 g/mol. The maximum Gasteiger partial charge on any atom is 0.118 e. The van der Waals surface area contributed by atoms with Gasteiger partial charge in [0.05, 0.1) is 24.1 Å². The number of hydrogen-bond donors (Lipinski definition) is 1. The first-order valence-electron chi connectivity index (χ1n) is 3.79. The quantitative estimate of drug-likeness (QED) is 0.700. The molecule has 0 atom stereocenters. The van der Waals surface area contributed by atoms with Crippen molar-refractivity contribution in [2.75, 3.05) is 0 Å². The van der Waals surface area contributed by atoms with Crippen LogP contribution in [0.3, 0.4) is 0 Å². The fraction of sp³-hybridized carbons (Fsp3) is 0.200. The molecule has 13 heavy (non-hydrogen) atoms. The van der Waals surface area contributed by atoms with E-state index >= 15 is 0 Å². The van der Waals surface area contributed by atoms with Gasteiger partial charge in [0.15, 0.2) is 0 Å². The van der Waals surface area contributed by atoms with Gasteiger partial charge in [0.1, 0.15) is 5.75 Å². The fourth-order valence-electron chi connectivity index (χ4n) is 1.16. The van der Waals surface area contributed by atoms with E-state index in [1.165, 1.54) is 12.1 Å². The fourth-order valence-corrected chi connectivity index (χ4v) is 1.16. The third-order valence-electron chi connectivity index (χ3n) is 1.95. The van der Waals surface area contributed by atoms with Crippen molar-refractivity contribution in [1.82, 2.24) is 0 Å². The smallest absolute Gasteiger partial charge is 0.118 e. The molecule has 0 saturated heterocycles. The second-order valence-electron chi connectivity index (χ2n) is 2.68. The first kappa shape index (κ1) is 9.09. The summed E-state index contributed by atoms with van der Waals surface area (Å²) in [6.45, 7) is 1.70. The van der Waals surface area contributed by atoms with Gasteiger partial charge in [-0.2, -0.15) is 10.5 Å². The van der Waals surface area contributed by atoms with E-state index in [1.54, 1.807) is 6.92 Å². The minimum absolute atomic E-state index is 0.129. The minimum Gasteiger partial charge on any atom is -0.508 e. The van der Waals surface area contributed by atoms with Crippen LogP contribution in [-0.2, 0) is 6.42 Å². The molecule has 0 saturated carbocycles. The van der Waals surface area contributed by atoms with Gasteiger partial charge in [-0.15, -0.1) is 0 Å². The van der Waals surface area contributed by atoms with Crippen LogP contribution in [0.15, 0.2) is 12.1 Å². The van der Waals surface area contributed by atoms with Crippen LogP contribution in [0.4, 0.5) is 0 Å². The summed E-state index contributed by atoms with van der Waals surface area (Å²) in [5.41, 5.74) is 1.68. The van der Waals surface area contributed by atoms with Gasteiger partial charge in [0, 0.05) is 0 Å². The third-order valence-corrected chi connectivity index (χ3v) is 1.95. The minimum atomic E-state index is 0.129. The molecule has 0 fully saturated rings. The van der Waals surface area contributed by atoms with Gasteiger partial charge in [0.2, 0.25) is 0 Å². The number of rotatable bonds is 1. The third kappa shape index (κ3) is 1.60. The van der Waals surface area contributed by atoms with E-state index in [0.29, 0.717) is 16.7 Å². The number of nitriles is 2. The van der Waals surface area contributed by atoms with Crippen LogP contribution < -0.4 is 0 Å². The molecule has 0 aromatic heterocycles. The molecular weight excluding hydrogens is 164 g/mol. The number of hydrogen-bond acceptors (Lipinski definition) is 3. The monoisotopic (exact) mass is 172 g/mol. The molecule has 0 aliphatic rings. The van der Waals surface area contributed by atoms with E-state index < -0.39 is 0 Å². The Morgan fingerprint density at radius 1 is 1.38 bits per heavy atom. The predicted octanol–water partition coefficient (Wildman–Crippen LogP) is 1.64. The summed E-state index contributed by atoms with van der Waals surface area (Å²) >= 11 is 0. The van der Waals surface area contributed by atoms with Crippen molar-refractivity contribution >= 4 is 0 Å². The van der Waals surface area contributed by atoms with Gasteiger partial charge in [0.25, 0.3) is 0 Å². The van der Waals surface area contributed by atoms with Crippen LogP contribution in [0.2, 0.25) is 0 Å². The molecule has 0 bridgehead atoms. The Bertz CT molecular complexity index is 410. The van der Waals surface area contributed by atoms with Crippen LogP contribution in [0, 0.1) is 29.6 Å². The normalized spacial score (nSPS) is 8.85. The van der Waals surface area contributed by atoms with Crippen molar-refractivity contribution in [2.24, 2.45) is 0 Å². The van der Waals surface area contributed by atoms with E-state index in [4.69, 9.17) is 10.5 Å². The predicted molar refractivity (Wildman–Crippen MR) is 46.9 cm³/mol. The number of benzene rings is 1. The Labute approximate surface area is 76.5 Å². The molecule has 3 heteroatoms. The maximum absolute atomic E-state index is 9.33. The van der Waals surface area contributed by atoms with E-state index in [1.807, 2.05) is 12.1 Å². The number of aromatic hydroxyl groups is 1. The van der Waals surface area contributed by atoms with Crippen LogP contribution in [-0.4, -0.2) is 5.11 Å². The van der Waals surface area contributed by atoms with Gasteiger partial charge in [-0.3, -0.25) is 0 Å². The Morgan fingerprint density at radius 3 is 2.62 bits per heavy atom. The largest absolute Gasteiger partial charge is 0.508 e. The summed E-state index contributed by atoms with van der Waals surface area (Å²) in [4.78, 5) is 0. The zero-order valence-corrected chi connectivity index (χ0v) is 7.20. The molecule has 0 spiro atoms. The highest BCUT2D eigenvalue weighted by Gasteiger charge is 2.08. The van der Waals surface area contributed by atoms with E-state index in [9.17, 15) is 5.11 Å². The second kappa shape index (κ2) is 3.60. The van der Waals surface area contributed by atoms with Crippen molar-refractivity contribution in [2.45, 2.75) is 13.3 Å². The second-order valence-corrected chi connectivity index (χ2v) is 2.68. The molecule has 1 rings (SSSR count). The van der Waals surface area contributed by atoms with Gasteiger partial charge >= 0.3 is 0 Å². The van der Waals surface area contributed by atoms with E-state index in [-0.39, 0.29) is 12.2 Å². The highest BCUT2D eigenvalue weighted by molar-refractivity contribution is 5.49. The molecule has 0 heterocycles. The standard InChI is InChI=1S/C10H8N2O/c1-7-9(4-5-11)8(6-12)2-3-10(7)13/h2-3,13H,4H2,1H3. The average Bonchev–Trinajstić information content (AvgIpc) is 2.14. The van der Waals surface area contributed by atoms with Crippen molar-refractivity contribution < 1.29 is 5.11 Å². The van der Waals surface area contributed by atoms with E-state index in [0.717, 1.165) is 0 Å². The lowest BCUT2D eigenvalue weighted by molar-refractivity contribution is 0.470. The van der Waals surface area contributed by atoms with Gasteiger partial charge < -0.3 is 5.11 Å². The van der Waals surface area contributed by atoms with Crippen LogP contribution in [0.25, 0.3) is 0 Å². The highest BCUT2D eigenvalue weighted by Crippen LogP contribution is 2.23. The zero-order chi connectivity index (χ0) is 9.84. The first-order valence-corrected chi connectivity index (χ1v) is 3.79. The van der Waals surface area contributed by atoms with Crippen molar-refractivity contribution in [3.8, 4) is 17.9 Å². The molecule has 0 aliphatic carbocycles. The lowest BCUT2D eigenvalue weighted by atomic mass is 9.99. The molecule has 64 valence electrons. The van der Waals surface area contributed by atoms with Crippen molar-refractivity contribution in [3.05, 3.63) is 28.8 Å². The summed E-state index contributed by atoms with van der Waals surface area (Å²) in [6.07, 6.45) is 0.156. The molecule has 0 aliphatic heterocycles. The first-order chi connectivity index (χ1) is 6.20. The number of nitrogens with zero attached hydrogens (tertiary/aromatic N) is 2. The SMILES string of the molecule is Cc1c(O)ccc(C#N)c1CC#N. The highest BCUT2D eigenvalue weighted by atomic mass is 16.3. The molecular formula is C10H8N2O. The molecule has 1 aromatic carbocycles. The van der Waals surface area contributed by atoms with Gasteiger partial charge in [-0.05, 0) is 30.2 Å². The number of phenols is 1. The molecule has 0 amide bonds. The Balaban J connectivity index is 3.36. The van der Waals surface area contributed by atoms with E-state index in [2.05, 4.69) is 0 Å². The van der Waals surface area contributed by atoms with Gasteiger partial charge in [-0.25, -0.2) is 0 Å². The molecule has 3 nitrogen and oxygen atoms in total. The molecule has 0 unspecified atom stereocenters. The van der Waals surface area contributed by atoms with Crippen molar-refractivity contribution in [1.29, 1.82) is 10.5 Å². The summed E-state index contributed by atoms with van der Waals surface area (Å²) in [6, 6.07) is 6.94. The lowest BCUT2D eigenvalue weighted by Gasteiger charge is -2.05. The Hall–Kier alpha value is -2.00. The topological polar surface area (TPSA) is 67.8 Å². The Kier molecular flexibility index (Phi) is 2.52. The lowest BCUT2D eigenvalue weighted by Crippen LogP contribution is -1.93. The Morgan fingerprint density at radius 2 is 2.08 bits per heavy atom. The summed E-state index contributed by atoms with van der Waals surface area (Å²) < 4.78 is 0. The molecule has 0 radical (unpaired) electrons. The summed E-state index contributed by atoms with van der Waals surface area (Å²) in [5, 5.41) is 26.6. The summed E-state index contributed by atoms with van der Waals surface area (Å²) in [7, 11) is 0. The van der Waals surface area contributed by atoms with Crippen LogP contribution in [0.5, 0.6) is 5.75 Å². The van der Waals surface area contributed by atoms with Gasteiger partial charge in [-0.1, -0.05) is 0 Å². The van der Waals surface area contributed by atoms with Crippen LogP contribution >= 0.6 is 0 Å². The number of phenolic OH excluding ortho intramolecular Hbond substituents is 1. The maximum atomic E-state index is 9.33. The molecule has 1 N–H and O–H groups in total. The molecule has 1 aromatic rings. The van der Waals surface area contributed by atoms with Crippen LogP contribution in [0.1, 0.15) is 16.7 Å². The van der Waals surface area contributed by atoms with Crippen molar-refractivity contribution in [3.63, 3.8) is 0 Å².